The van der Waals surface area contributed by atoms with Crippen LogP contribution in [-0.2, 0) is 11.3 Å². The molecule has 3 rings (SSSR count). The number of rotatable bonds is 6. The monoisotopic (exact) mass is 540 g/mol. The Morgan fingerprint density at radius 1 is 1.30 bits per heavy atom. The van der Waals surface area contributed by atoms with Crippen LogP contribution in [-0.4, -0.2) is 49.6 Å². The predicted octanol–water partition coefficient (Wildman–Crippen LogP) is 3.50. The number of hydrogen-bond donors (Lipinski definition) is 2. The Bertz CT molecular complexity index is 745. The number of benzene rings is 1. The molecule has 1 unspecified atom stereocenters. The molecule has 2 fully saturated rings. The van der Waals surface area contributed by atoms with Crippen LogP contribution in [0.4, 0.5) is 13.2 Å². The summed E-state index contributed by atoms with van der Waals surface area (Å²) in [5.74, 6) is -0.0516. The van der Waals surface area contributed by atoms with E-state index >= 15 is 0 Å². The lowest BCUT2D eigenvalue weighted by atomic mass is 10.1. The molecule has 1 aromatic rings. The fourth-order valence-electron chi connectivity index (χ4n) is 3.99. The maximum absolute atomic E-state index is 14.1. The van der Waals surface area contributed by atoms with Gasteiger partial charge >= 0.3 is 6.61 Å². The van der Waals surface area contributed by atoms with Gasteiger partial charge < -0.3 is 20.3 Å². The number of carbonyl (C=O) groups excluding carboxylic acids is 1. The quantitative estimate of drug-likeness (QED) is 0.330. The number of nitrogens with one attached hydrogen (secondary N) is 2. The van der Waals surface area contributed by atoms with Gasteiger partial charge in [0.2, 0.25) is 5.91 Å². The predicted molar refractivity (Wildman–Crippen MR) is 119 cm³/mol. The molecule has 1 heterocycles. The molecule has 30 heavy (non-hydrogen) atoms. The third-order valence-electron chi connectivity index (χ3n) is 5.49. The molecule has 2 aliphatic rings. The molecule has 1 amide bonds. The highest BCUT2D eigenvalue weighted by atomic mass is 127. The van der Waals surface area contributed by atoms with Gasteiger partial charge in [0, 0.05) is 44.2 Å². The fraction of sp³-hybridized carbons (Fsp3) is 0.600. The fourth-order valence-corrected chi connectivity index (χ4v) is 3.99. The molecule has 1 aromatic carbocycles. The van der Waals surface area contributed by atoms with Crippen LogP contribution in [0.2, 0.25) is 0 Å². The molecule has 10 heteroatoms. The van der Waals surface area contributed by atoms with E-state index in [4.69, 9.17) is 0 Å². The van der Waals surface area contributed by atoms with E-state index in [0.29, 0.717) is 19.0 Å². The van der Waals surface area contributed by atoms with Crippen molar-refractivity contribution in [2.75, 3.05) is 20.1 Å². The van der Waals surface area contributed by atoms with Crippen molar-refractivity contribution in [3.05, 3.63) is 29.6 Å². The van der Waals surface area contributed by atoms with E-state index < -0.39 is 12.4 Å². The summed E-state index contributed by atoms with van der Waals surface area (Å²) in [4.78, 5) is 18.6. The molecule has 168 valence electrons. The Morgan fingerprint density at radius 2 is 2.03 bits per heavy atom. The van der Waals surface area contributed by atoms with E-state index in [1.54, 1.807) is 7.05 Å². The van der Waals surface area contributed by atoms with E-state index in [9.17, 15) is 18.0 Å². The first-order valence-electron chi connectivity index (χ1n) is 9.96. The minimum absolute atomic E-state index is 0. The average molecular weight is 540 g/mol. The van der Waals surface area contributed by atoms with Crippen LogP contribution in [0.25, 0.3) is 0 Å². The molecular weight excluding hydrogens is 512 g/mol. The molecule has 0 bridgehead atoms. The van der Waals surface area contributed by atoms with E-state index in [-0.39, 0.29) is 59.7 Å². The average Bonchev–Trinajstić information content (AvgIpc) is 3.38. The van der Waals surface area contributed by atoms with Crippen molar-refractivity contribution in [2.45, 2.75) is 51.3 Å². The van der Waals surface area contributed by atoms with Crippen LogP contribution in [0, 0.1) is 11.7 Å². The van der Waals surface area contributed by atoms with Crippen molar-refractivity contribution in [1.82, 2.24) is 15.5 Å². The number of guanidine groups is 1. The Balaban J connectivity index is 0.00000320. The summed E-state index contributed by atoms with van der Waals surface area (Å²) in [6.45, 7) is -1.81. The third-order valence-corrected chi connectivity index (χ3v) is 5.49. The normalized spacial score (nSPS) is 19.7. The minimum atomic E-state index is -3.03. The Morgan fingerprint density at radius 3 is 2.70 bits per heavy atom. The maximum Gasteiger partial charge on any atom is 0.387 e. The van der Waals surface area contributed by atoms with Crippen LogP contribution in [0.1, 0.15) is 37.7 Å². The molecule has 1 aliphatic heterocycles. The number of halogens is 4. The third kappa shape index (κ3) is 6.39. The van der Waals surface area contributed by atoms with Gasteiger partial charge in [0.15, 0.2) is 5.96 Å². The summed E-state index contributed by atoms with van der Waals surface area (Å²) in [5, 5.41) is 6.16. The standard InChI is InChI=1S/C20H27F3N4O2.HI/c1-24-20(25-11-15-16(21)7-4-8-17(15)29-19(22)23)26-14-9-10-27(12-14)18(28)13-5-2-3-6-13;/h4,7-8,13-14,19H,2-3,5-6,9-12H2,1H3,(H2,24,25,26);1H. The highest BCUT2D eigenvalue weighted by molar-refractivity contribution is 14.0. The van der Waals surface area contributed by atoms with Crippen LogP contribution in [0.15, 0.2) is 23.2 Å². The van der Waals surface area contributed by atoms with E-state index in [2.05, 4.69) is 20.4 Å². The lowest BCUT2D eigenvalue weighted by Gasteiger charge is -2.21. The number of likely N-dealkylation sites (tertiary alicyclic amines) is 1. The molecule has 1 saturated carbocycles. The largest absolute Gasteiger partial charge is 0.434 e. The molecule has 0 radical (unpaired) electrons. The Hall–Kier alpha value is -1.72. The van der Waals surface area contributed by atoms with Gasteiger partial charge in [-0.2, -0.15) is 8.78 Å². The number of nitrogens with zero attached hydrogens (tertiary/aromatic N) is 2. The molecule has 1 aliphatic carbocycles. The maximum atomic E-state index is 14.1. The summed E-state index contributed by atoms with van der Waals surface area (Å²) >= 11 is 0. The zero-order valence-corrected chi connectivity index (χ0v) is 19.2. The van der Waals surface area contributed by atoms with Crippen molar-refractivity contribution in [1.29, 1.82) is 0 Å². The molecule has 0 spiro atoms. The number of hydrogen-bond acceptors (Lipinski definition) is 3. The molecule has 2 N–H and O–H groups in total. The minimum Gasteiger partial charge on any atom is -0.434 e. The Labute approximate surface area is 191 Å². The summed E-state index contributed by atoms with van der Waals surface area (Å²) in [7, 11) is 1.57. The smallest absolute Gasteiger partial charge is 0.387 e. The van der Waals surface area contributed by atoms with Gasteiger partial charge in [-0.3, -0.25) is 9.79 Å². The van der Waals surface area contributed by atoms with E-state index in [1.807, 2.05) is 4.90 Å². The van der Waals surface area contributed by atoms with Crippen molar-refractivity contribution in [2.24, 2.45) is 10.9 Å². The first-order chi connectivity index (χ1) is 14.0. The molecule has 0 aromatic heterocycles. The van der Waals surface area contributed by atoms with Crippen molar-refractivity contribution in [3.63, 3.8) is 0 Å². The van der Waals surface area contributed by atoms with Gasteiger partial charge in [-0.1, -0.05) is 18.9 Å². The summed E-state index contributed by atoms with van der Waals surface area (Å²) in [6, 6.07) is 3.84. The number of aliphatic imine (C=N–C) groups is 1. The summed E-state index contributed by atoms with van der Waals surface area (Å²) in [6.07, 6.45) is 4.98. The van der Waals surface area contributed by atoms with Crippen LogP contribution < -0.4 is 15.4 Å². The number of alkyl halides is 2. The highest BCUT2D eigenvalue weighted by Crippen LogP contribution is 2.28. The first kappa shape index (κ1) is 24.5. The number of amides is 1. The zero-order valence-electron chi connectivity index (χ0n) is 16.9. The Kier molecular flexibility index (Phi) is 9.50. The first-order valence-corrected chi connectivity index (χ1v) is 9.96. The van der Waals surface area contributed by atoms with Crippen LogP contribution in [0.3, 0.4) is 0 Å². The SMILES string of the molecule is CN=C(NCc1c(F)cccc1OC(F)F)NC1CCN(C(=O)C2CCCC2)C1.I. The van der Waals surface area contributed by atoms with E-state index in [1.165, 1.54) is 18.2 Å². The summed E-state index contributed by atoms with van der Waals surface area (Å²) < 4.78 is 43.6. The van der Waals surface area contributed by atoms with Gasteiger partial charge in [0.25, 0.3) is 0 Å². The topological polar surface area (TPSA) is 66.0 Å². The molecule has 6 nitrogen and oxygen atoms in total. The number of ether oxygens (including phenoxy) is 1. The lowest BCUT2D eigenvalue weighted by Crippen LogP contribution is -2.45. The van der Waals surface area contributed by atoms with Crippen molar-refractivity contribution < 1.29 is 22.7 Å². The van der Waals surface area contributed by atoms with Gasteiger partial charge in [-0.15, -0.1) is 24.0 Å². The second-order valence-corrected chi connectivity index (χ2v) is 7.42. The molecular formula is C20H28F3IN4O2. The molecule has 1 saturated heterocycles. The second-order valence-electron chi connectivity index (χ2n) is 7.42. The van der Waals surface area contributed by atoms with Crippen molar-refractivity contribution >= 4 is 35.8 Å². The number of carbonyl (C=O) groups is 1. The summed E-state index contributed by atoms with van der Waals surface area (Å²) in [5.41, 5.74) is 0.000194. The van der Waals surface area contributed by atoms with E-state index in [0.717, 1.165) is 32.1 Å². The van der Waals surface area contributed by atoms with Gasteiger partial charge in [-0.05, 0) is 31.4 Å². The van der Waals surface area contributed by atoms with Crippen molar-refractivity contribution in [3.8, 4) is 5.75 Å². The molecule has 1 atom stereocenters. The second kappa shape index (κ2) is 11.6. The highest BCUT2D eigenvalue weighted by Gasteiger charge is 2.32. The lowest BCUT2D eigenvalue weighted by molar-refractivity contribution is -0.134. The van der Waals surface area contributed by atoms with Crippen LogP contribution >= 0.6 is 24.0 Å². The zero-order chi connectivity index (χ0) is 20.8. The van der Waals surface area contributed by atoms with Crippen LogP contribution in [0.5, 0.6) is 5.75 Å². The van der Waals surface area contributed by atoms with Gasteiger partial charge in [0.1, 0.15) is 11.6 Å². The van der Waals surface area contributed by atoms with Gasteiger partial charge in [-0.25, -0.2) is 4.39 Å². The van der Waals surface area contributed by atoms with Gasteiger partial charge in [0.05, 0.1) is 0 Å².